The van der Waals surface area contributed by atoms with E-state index in [1.165, 1.54) is 18.4 Å². The van der Waals surface area contributed by atoms with Crippen molar-refractivity contribution in [2.75, 3.05) is 6.61 Å². The van der Waals surface area contributed by atoms with Gasteiger partial charge in [0.1, 0.15) is 5.75 Å². The van der Waals surface area contributed by atoms with Gasteiger partial charge in [0.25, 0.3) is 0 Å². The molecule has 1 rings (SSSR count). The van der Waals surface area contributed by atoms with Gasteiger partial charge in [-0.3, -0.25) is 0 Å². The molecule has 1 atom stereocenters. The summed E-state index contributed by atoms with van der Waals surface area (Å²) in [7, 11) is 0. The highest BCUT2D eigenvalue weighted by Crippen LogP contribution is 2.33. The van der Waals surface area contributed by atoms with Crippen LogP contribution in [0.3, 0.4) is 0 Å². The SMILES string of the molecule is CCCC(C)NCc1cc(Br)cc(Br)c1OCC. The van der Waals surface area contributed by atoms with E-state index in [2.05, 4.69) is 57.1 Å². The predicted molar refractivity (Wildman–Crippen MR) is 84.2 cm³/mol. The average Bonchev–Trinajstić information content (AvgIpc) is 2.31. The lowest BCUT2D eigenvalue weighted by molar-refractivity contribution is 0.332. The first-order valence-electron chi connectivity index (χ1n) is 6.42. The molecule has 18 heavy (non-hydrogen) atoms. The number of ether oxygens (including phenoxy) is 1. The van der Waals surface area contributed by atoms with Gasteiger partial charge in [-0.05, 0) is 48.3 Å². The van der Waals surface area contributed by atoms with Gasteiger partial charge >= 0.3 is 0 Å². The molecule has 0 bridgehead atoms. The van der Waals surface area contributed by atoms with Crippen molar-refractivity contribution in [2.45, 2.75) is 46.2 Å². The summed E-state index contributed by atoms with van der Waals surface area (Å²) in [4.78, 5) is 0. The molecule has 4 heteroatoms. The molecule has 1 aromatic rings. The van der Waals surface area contributed by atoms with Crippen molar-refractivity contribution in [1.82, 2.24) is 5.32 Å². The van der Waals surface area contributed by atoms with E-state index in [4.69, 9.17) is 4.74 Å². The zero-order valence-corrected chi connectivity index (χ0v) is 14.4. The molecule has 0 saturated heterocycles. The third-order valence-corrected chi connectivity index (χ3v) is 3.78. The second kappa shape index (κ2) is 8.18. The number of hydrogen-bond donors (Lipinski definition) is 1. The number of rotatable bonds is 7. The molecular weight excluding hydrogens is 358 g/mol. The molecule has 0 radical (unpaired) electrons. The number of hydrogen-bond acceptors (Lipinski definition) is 2. The van der Waals surface area contributed by atoms with Gasteiger partial charge in [-0.1, -0.05) is 29.3 Å². The Balaban J connectivity index is 2.79. The number of nitrogens with one attached hydrogen (secondary N) is 1. The smallest absolute Gasteiger partial charge is 0.138 e. The van der Waals surface area contributed by atoms with Crippen LogP contribution < -0.4 is 10.1 Å². The molecular formula is C14H21Br2NO. The minimum atomic E-state index is 0.530. The number of benzene rings is 1. The van der Waals surface area contributed by atoms with Crippen molar-refractivity contribution in [3.05, 3.63) is 26.6 Å². The Hall–Kier alpha value is -0.0600. The van der Waals surface area contributed by atoms with Crippen LogP contribution in [0.25, 0.3) is 0 Å². The van der Waals surface area contributed by atoms with Crippen LogP contribution in [0.4, 0.5) is 0 Å². The lowest BCUT2D eigenvalue weighted by Crippen LogP contribution is -2.25. The van der Waals surface area contributed by atoms with E-state index in [-0.39, 0.29) is 0 Å². The zero-order chi connectivity index (χ0) is 13.5. The van der Waals surface area contributed by atoms with Crippen molar-refractivity contribution in [2.24, 2.45) is 0 Å². The Morgan fingerprint density at radius 2 is 2.00 bits per heavy atom. The predicted octanol–water partition coefficient (Wildman–Crippen LogP) is 4.89. The second-order valence-electron chi connectivity index (χ2n) is 4.38. The van der Waals surface area contributed by atoms with Crippen LogP contribution >= 0.6 is 31.9 Å². The van der Waals surface area contributed by atoms with Crippen LogP contribution in [-0.2, 0) is 6.54 Å². The molecule has 1 unspecified atom stereocenters. The summed E-state index contributed by atoms with van der Waals surface area (Å²) < 4.78 is 7.77. The second-order valence-corrected chi connectivity index (χ2v) is 6.15. The molecule has 0 aromatic heterocycles. The summed E-state index contributed by atoms with van der Waals surface area (Å²) in [6.07, 6.45) is 2.40. The topological polar surface area (TPSA) is 21.3 Å². The zero-order valence-electron chi connectivity index (χ0n) is 11.2. The monoisotopic (exact) mass is 377 g/mol. The Labute approximate surface area is 127 Å². The molecule has 0 spiro atoms. The Morgan fingerprint density at radius 1 is 1.28 bits per heavy atom. The van der Waals surface area contributed by atoms with Gasteiger partial charge in [-0.25, -0.2) is 0 Å². The molecule has 102 valence electrons. The first-order valence-corrected chi connectivity index (χ1v) is 8.01. The van der Waals surface area contributed by atoms with Crippen molar-refractivity contribution >= 4 is 31.9 Å². The van der Waals surface area contributed by atoms with E-state index in [1.54, 1.807) is 0 Å². The van der Waals surface area contributed by atoms with E-state index < -0.39 is 0 Å². The maximum absolute atomic E-state index is 5.71. The normalized spacial score (nSPS) is 12.5. The molecule has 0 heterocycles. The first-order chi connectivity index (χ1) is 8.58. The minimum Gasteiger partial charge on any atom is -0.492 e. The van der Waals surface area contributed by atoms with Crippen LogP contribution in [0.1, 0.15) is 39.2 Å². The Kier molecular flexibility index (Phi) is 7.27. The molecule has 0 fully saturated rings. The Bertz CT molecular complexity index is 382. The fourth-order valence-corrected chi connectivity index (χ4v) is 3.30. The molecule has 1 N–H and O–H groups in total. The van der Waals surface area contributed by atoms with E-state index in [0.717, 1.165) is 21.2 Å². The van der Waals surface area contributed by atoms with Gasteiger partial charge in [-0.2, -0.15) is 0 Å². The van der Waals surface area contributed by atoms with Crippen LogP contribution in [0.5, 0.6) is 5.75 Å². The van der Waals surface area contributed by atoms with Gasteiger partial charge in [0.05, 0.1) is 11.1 Å². The summed E-state index contributed by atoms with van der Waals surface area (Å²) >= 11 is 7.08. The quantitative estimate of drug-likeness (QED) is 0.729. The molecule has 1 aromatic carbocycles. The molecule has 0 saturated carbocycles. The summed E-state index contributed by atoms with van der Waals surface area (Å²) in [5, 5.41) is 3.53. The van der Waals surface area contributed by atoms with Crippen molar-refractivity contribution in [3.63, 3.8) is 0 Å². The molecule has 2 nitrogen and oxygen atoms in total. The lowest BCUT2D eigenvalue weighted by Gasteiger charge is -2.16. The van der Waals surface area contributed by atoms with Gasteiger partial charge in [0.2, 0.25) is 0 Å². The summed E-state index contributed by atoms with van der Waals surface area (Å²) in [6, 6.07) is 4.66. The first kappa shape index (κ1) is 16.0. The molecule has 0 aliphatic heterocycles. The third kappa shape index (κ3) is 4.90. The van der Waals surface area contributed by atoms with Gasteiger partial charge < -0.3 is 10.1 Å². The standard InChI is InChI=1S/C14H21Br2NO/c1-4-6-10(3)17-9-11-7-12(15)8-13(16)14(11)18-5-2/h7-8,10,17H,4-6,9H2,1-3H3. The molecule has 0 aliphatic rings. The highest BCUT2D eigenvalue weighted by molar-refractivity contribution is 9.11. The fraction of sp³-hybridized carbons (Fsp3) is 0.571. The van der Waals surface area contributed by atoms with E-state index in [1.807, 2.05) is 13.0 Å². The van der Waals surface area contributed by atoms with Crippen LogP contribution in [0.15, 0.2) is 21.1 Å². The van der Waals surface area contributed by atoms with Gasteiger partial charge in [0.15, 0.2) is 0 Å². The molecule has 0 amide bonds. The van der Waals surface area contributed by atoms with Gasteiger partial charge in [-0.15, -0.1) is 0 Å². The summed E-state index contributed by atoms with van der Waals surface area (Å²) in [5.41, 5.74) is 1.18. The Morgan fingerprint density at radius 3 is 2.61 bits per heavy atom. The van der Waals surface area contributed by atoms with Crippen molar-refractivity contribution in [1.29, 1.82) is 0 Å². The maximum Gasteiger partial charge on any atom is 0.138 e. The largest absolute Gasteiger partial charge is 0.492 e. The van der Waals surface area contributed by atoms with Crippen LogP contribution in [-0.4, -0.2) is 12.6 Å². The summed E-state index contributed by atoms with van der Waals surface area (Å²) in [5.74, 6) is 0.942. The van der Waals surface area contributed by atoms with Crippen molar-refractivity contribution < 1.29 is 4.74 Å². The van der Waals surface area contributed by atoms with Crippen molar-refractivity contribution in [3.8, 4) is 5.75 Å². The van der Waals surface area contributed by atoms with E-state index >= 15 is 0 Å². The lowest BCUT2D eigenvalue weighted by atomic mass is 10.1. The number of halogens is 2. The van der Waals surface area contributed by atoms with Gasteiger partial charge in [0, 0.05) is 22.6 Å². The average molecular weight is 379 g/mol. The minimum absolute atomic E-state index is 0.530. The maximum atomic E-state index is 5.71. The highest BCUT2D eigenvalue weighted by Gasteiger charge is 2.10. The fourth-order valence-electron chi connectivity index (χ4n) is 1.87. The molecule has 0 aliphatic carbocycles. The third-order valence-electron chi connectivity index (χ3n) is 2.74. The highest BCUT2D eigenvalue weighted by atomic mass is 79.9. The summed E-state index contributed by atoms with van der Waals surface area (Å²) in [6.45, 7) is 7.94. The van der Waals surface area contributed by atoms with Crippen LogP contribution in [0.2, 0.25) is 0 Å². The van der Waals surface area contributed by atoms with Crippen LogP contribution in [0, 0.1) is 0 Å². The van der Waals surface area contributed by atoms with E-state index in [0.29, 0.717) is 12.6 Å². The van der Waals surface area contributed by atoms with E-state index in [9.17, 15) is 0 Å².